The van der Waals surface area contributed by atoms with Gasteiger partial charge in [-0.25, -0.2) is 17.6 Å². The van der Waals surface area contributed by atoms with Crippen LogP contribution in [0.1, 0.15) is 22.4 Å². The van der Waals surface area contributed by atoms with Crippen molar-refractivity contribution < 1.29 is 30.7 Å². The first-order valence-electron chi connectivity index (χ1n) is 6.66. The van der Waals surface area contributed by atoms with Crippen LogP contribution in [0.4, 0.5) is 30.7 Å². The van der Waals surface area contributed by atoms with Crippen LogP contribution in [0.5, 0.6) is 0 Å². The molecule has 3 rings (SSSR count). The van der Waals surface area contributed by atoms with Gasteiger partial charge in [0.2, 0.25) is 0 Å². The van der Waals surface area contributed by atoms with Crippen LogP contribution in [-0.4, -0.2) is 10.5 Å². The lowest BCUT2D eigenvalue weighted by atomic mass is 10.1. The SMILES string of the molecule is Fc1cc(F)cc(Cn2cc(C(F)(F)F)c3c2CC(F)(F)C3)c1. The molecule has 2 aromatic rings. The summed E-state index contributed by atoms with van der Waals surface area (Å²) in [6.45, 7) is -0.316. The normalized spacial score (nSPS) is 16.7. The van der Waals surface area contributed by atoms with Gasteiger partial charge in [0.15, 0.2) is 0 Å². The summed E-state index contributed by atoms with van der Waals surface area (Å²) in [7, 11) is 0. The zero-order chi connectivity index (χ0) is 17.0. The van der Waals surface area contributed by atoms with Crippen LogP contribution in [-0.2, 0) is 25.6 Å². The van der Waals surface area contributed by atoms with E-state index in [1.807, 2.05) is 0 Å². The average Bonchev–Trinajstić information content (AvgIpc) is 2.82. The minimum atomic E-state index is -4.76. The van der Waals surface area contributed by atoms with Crippen molar-refractivity contribution in [3.8, 4) is 0 Å². The van der Waals surface area contributed by atoms with Crippen LogP contribution in [0.2, 0.25) is 0 Å². The van der Waals surface area contributed by atoms with E-state index in [0.29, 0.717) is 6.07 Å². The molecule has 0 amide bonds. The van der Waals surface area contributed by atoms with Crippen LogP contribution < -0.4 is 0 Å². The molecule has 1 nitrogen and oxygen atoms in total. The maximum Gasteiger partial charge on any atom is 0.418 e. The van der Waals surface area contributed by atoms with Gasteiger partial charge in [0.05, 0.1) is 12.0 Å². The van der Waals surface area contributed by atoms with E-state index in [4.69, 9.17) is 0 Å². The number of hydrogen-bond acceptors (Lipinski definition) is 0. The van der Waals surface area contributed by atoms with Crippen molar-refractivity contribution in [2.45, 2.75) is 31.5 Å². The highest BCUT2D eigenvalue weighted by Gasteiger charge is 2.46. The van der Waals surface area contributed by atoms with E-state index >= 15 is 0 Å². The smallest absolute Gasteiger partial charge is 0.346 e. The molecule has 0 radical (unpaired) electrons. The molecule has 0 unspecified atom stereocenters. The maximum absolute atomic E-state index is 13.5. The third kappa shape index (κ3) is 3.07. The topological polar surface area (TPSA) is 4.93 Å². The van der Waals surface area contributed by atoms with Crippen molar-refractivity contribution in [2.24, 2.45) is 0 Å². The molecule has 124 valence electrons. The zero-order valence-electron chi connectivity index (χ0n) is 11.5. The molecule has 1 aromatic carbocycles. The van der Waals surface area contributed by atoms with Crippen LogP contribution in [0.3, 0.4) is 0 Å². The molecular weight excluding hydrogens is 327 g/mol. The molecule has 1 aliphatic carbocycles. The highest BCUT2D eigenvalue weighted by Crippen LogP contribution is 2.43. The second-order valence-corrected chi connectivity index (χ2v) is 5.58. The molecule has 1 aliphatic rings. The highest BCUT2D eigenvalue weighted by molar-refractivity contribution is 5.41. The van der Waals surface area contributed by atoms with Crippen LogP contribution >= 0.6 is 0 Å². The van der Waals surface area contributed by atoms with Gasteiger partial charge >= 0.3 is 6.18 Å². The van der Waals surface area contributed by atoms with Gasteiger partial charge in [0, 0.05) is 30.9 Å². The predicted octanol–water partition coefficient (Wildman–Crippen LogP) is 4.57. The molecule has 0 N–H and O–H groups in total. The van der Waals surface area contributed by atoms with E-state index in [9.17, 15) is 30.7 Å². The molecule has 0 saturated carbocycles. The number of fused-ring (bicyclic) bond motifs is 1. The first-order chi connectivity index (χ1) is 10.5. The van der Waals surface area contributed by atoms with Crippen molar-refractivity contribution in [1.29, 1.82) is 0 Å². The summed E-state index contributed by atoms with van der Waals surface area (Å²) < 4.78 is 93.3. The Morgan fingerprint density at radius 1 is 1.00 bits per heavy atom. The van der Waals surface area contributed by atoms with Crippen molar-refractivity contribution in [3.63, 3.8) is 0 Å². The van der Waals surface area contributed by atoms with Gasteiger partial charge in [-0.1, -0.05) is 0 Å². The third-order valence-electron chi connectivity index (χ3n) is 3.75. The number of aromatic nitrogens is 1. The molecule has 0 spiro atoms. The van der Waals surface area contributed by atoms with Gasteiger partial charge in [0.25, 0.3) is 5.92 Å². The highest BCUT2D eigenvalue weighted by atomic mass is 19.4. The molecule has 0 atom stereocenters. The van der Waals surface area contributed by atoms with Crippen molar-refractivity contribution in [1.82, 2.24) is 4.57 Å². The van der Waals surface area contributed by atoms with E-state index in [-0.39, 0.29) is 17.8 Å². The minimum Gasteiger partial charge on any atom is -0.346 e. The monoisotopic (exact) mass is 337 g/mol. The molecule has 23 heavy (non-hydrogen) atoms. The van der Waals surface area contributed by atoms with E-state index < -0.39 is 47.7 Å². The second-order valence-electron chi connectivity index (χ2n) is 5.58. The summed E-state index contributed by atoms with van der Waals surface area (Å²) in [5, 5.41) is 0. The fourth-order valence-electron chi connectivity index (χ4n) is 2.90. The zero-order valence-corrected chi connectivity index (χ0v) is 11.5. The lowest BCUT2D eigenvalue weighted by Crippen LogP contribution is -2.18. The molecule has 0 fully saturated rings. The fraction of sp³-hybridized carbons (Fsp3) is 0.333. The molecule has 0 bridgehead atoms. The summed E-state index contributed by atoms with van der Waals surface area (Å²) in [6.07, 6.45) is -5.84. The van der Waals surface area contributed by atoms with Crippen molar-refractivity contribution in [3.05, 3.63) is 58.4 Å². The lowest BCUT2D eigenvalue weighted by molar-refractivity contribution is -0.138. The summed E-state index contributed by atoms with van der Waals surface area (Å²) in [4.78, 5) is 0. The van der Waals surface area contributed by atoms with Gasteiger partial charge < -0.3 is 4.57 Å². The second kappa shape index (κ2) is 5.01. The molecule has 8 heteroatoms. The fourth-order valence-corrected chi connectivity index (χ4v) is 2.90. The van der Waals surface area contributed by atoms with Gasteiger partial charge in [-0.2, -0.15) is 13.2 Å². The summed E-state index contributed by atoms with van der Waals surface area (Å²) >= 11 is 0. The molecule has 0 saturated heterocycles. The van der Waals surface area contributed by atoms with Crippen LogP contribution in [0.15, 0.2) is 24.4 Å². The minimum absolute atomic E-state index is 0.0595. The number of nitrogens with zero attached hydrogens (tertiary/aromatic N) is 1. The Bertz CT molecular complexity index is 738. The van der Waals surface area contributed by atoms with Crippen LogP contribution in [0, 0.1) is 11.6 Å². The predicted molar refractivity (Wildman–Crippen MR) is 67.2 cm³/mol. The maximum atomic E-state index is 13.5. The summed E-state index contributed by atoms with van der Waals surface area (Å²) in [5.41, 5.74) is -1.66. The quantitative estimate of drug-likeness (QED) is 0.708. The molecule has 1 heterocycles. The Kier molecular flexibility index (Phi) is 3.46. The molecule has 0 aliphatic heterocycles. The van der Waals surface area contributed by atoms with E-state index in [2.05, 4.69) is 0 Å². The van der Waals surface area contributed by atoms with Gasteiger partial charge in [-0.15, -0.1) is 0 Å². The summed E-state index contributed by atoms with van der Waals surface area (Å²) in [5.74, 6) is -5.02. The van der Waals surface area contributed by atoms with E-state index in [0.717, 1.165) is 22.9 Å². The van der Waals surface area contributed by atoms with Gasteiger partial charge in [-0.3, -0.25) is 0 Å². The Morgan fingerprint density at radius 3 is 2.17 bits per heavy atom. The number of hydrogen-bond donors (Lipinski definition) is 0. The Morgan fingerprint density at radius 2 is 1.61 bits per heavy atom. The number of benzene rings is 1. The van der Waals surface area contributed by atoms with E-state index in [1.54, 1.807) is 0 Å². The largest absolute Gasteiger partial charge is 0.418 e. The first-order valence-corrected chi connectivity index (χ1v) is 6.66. The Hall–Kier alpha value is -1.99. The standard InChI is InChI=1S/C15H10F7N/c16-9-1-8(2-10(17)3-9)6-23-7-12(15(20,21)22)11-4-14(18,19)5-13(11)23/h1-3,7H,4-6H2. The Labute approximate surface area is 126 Å². The number of alkyl halides is 5. The number of rotatable bonds is 2. The summed E-state index contributed by atoms with van der Waals surface area (Å²) in [6, 6.07) is 2.53. The first kappa shape index (κ1) is 15.9. The van der Waals surface area contributed by atoms with E-state index in [1.165, 1.54) is 0 Å². The van der Waals surface area contributed by atoms with Crippen molar-refractivity contribution in [2.75, 3.05) is 0 Å². The number of halogens is 7. The van der Waals surface area contributed by atoms with Gasteiger partial charge in [0.1, 0.15) is 11.6 Å². The lowest BCUT2D eigenvalue weighted by Gasteiger charge is -2.12. The van der Waals surface area contributed by atoms with Crippen LogP contribution in [0.25, 0.3) is 0 Å². The molecular formula is C15H10F7N. The Balaban J connectivity index is 2.04. The third-order valence-corrected chi connectivity index (χ3v) is 3.75. The average molecular weight is 337 g/mol. The van der Waals surface area contributed by atoms with Crippen molar-refractivity contribution >= 4 is 0 Å². The van der Waals surface area contributed by atoms with Gasteiger partial charge in [-0.05, 0) is 23.3 Å². The molecule has 1 aromatic heterocycles.